The lowest BCUT2D eigenvalue weighted by molar-refractivity contribution is -0.0506. The van der Waals surface area contributed by atoms with E-state index >= 15 is 0 Å². The number of hydrogen-bond acceptors (Lipinski definition) is 3. The minimum Gasteiger partial charge on any atom is -0.433 e. The first-order valence-electron chi connectivity index (χ1n) is 3.77. The second-order valence-corrected chi connectivity index (χ2v) is 3.66. The molecule has 0 unspecified atom stereocenters. The van der Waals surface area contributed by atoms with Gasteiger partial charge in [0.25, 0.3) is 0 Å². The average molecular weight is 326 g/mol. The van der Waals surface area contributed by atoms with Crippen molar-refractivity contribution in [3.63, 3.8) is 0 Å². The molecule has 0 aromatic heterocycles. The van der Waals surface area contributed by atoms with Crippen molar-refractivity contribution in [1.82, 2.24) is 0 Å². The number of halogens is 3. The third kappa shape index (κ3) is 2.71. The smallest absolute Gasteiger partial charge is 0.387 e. The van der Waals surface area contributed by atoms with Gasteiger partial charge in [0, 0.05) is 5.56 Å². The number of ether oxygens (including phenoxy) is 1. The van der Waals surface area contributed by atoms with E-state index in [-0.39, 0.29) is 16.9 Å². The Balaban J connectivity index is 3.31. The lowest BCUT2D eigenvalue weighted by atomic mass is 10.1. The van der Waals surface area contributed by atoms with Gasteiger partial charge in [-0.15, -0.1) is 0 Å². The molecule has 0 heterocycles. The Morgan fingerprint density at radius 2 is 1.93 bits per heavy atom. The molecular formula is C9H5F2IO3. The largest absolute Gasteiger partial charge is 0.433 e. The molecule has 1 rings (SSSR count). The monoisotopic (exact) mass is 326 g/mol. The Morgan fingerprint density at radius 3 is 2.40 bits per heavy atom. The van der Waals surface area contributed by atoms with Crippen LogP contribution in [0.25, 0.3) is 0 Å². The van der Waals surface area contributed by atoms with Crippen molar-refractivity contribution in [2.24, 2.45) is 0 Å². The fourth-order valence-corrected chi connectivity index (χ4v) is 1.62. The molecule has 0 bridgehead atoms. The van der Waals surface area contributed by atoms with Gasteiger partial charge in [0.05, 0.1) is 9.13 Å². The number of alkyl halides is 2. The van der Waals surface area contributed by atoms with Crippen LogP contribution >= 0.6 is 22.6 Å². The van der Waals surface area contributed by atoms with Crippen LogP contribution in [0.2, 0.25) is 0 Å². The van der Waals surface area contributed by atoms with Gasteiger partial charge in [0.15, 0.2) is 18.3 Å². The maximum atomic E-state index is 12.0. The Kier molecular flexibility index (Phi) is 4.13. The molecule has 1 aromatic rings. The van der Waals surface area contributed by atoms with Crippen LogP contribution < -0.4 is 4.74 Å². The molecule has 0 saturated carbocycles. The van der Waals surface area contributed by atoms with E-state index in [1.165, 1.54) is 12.1 Å². The number of hydrogen-bond donors (Lipinski definition) is 0. The van der Waals surface area contributed by atoms with E-state index in [1.54, 1.807) is 22.6 Å². The van der Waals surface area contributed by atoms with E-state index in [0.717, 1.165) is 0 Å². The molecule has 1 aromatic carbocycles. The summed E-state index contributed by atoms with van der Waals surface area (Å²) in [6, 6.07) is 2.80. The van der Waals surface area contributed by atoms with Gasteiger partial charge in [-0.2, -0.15) is 8.78 Å². The Labute approximate surface area is 97.6 Å². The van der Waals surface area contributed by atoms with Crippen molar-refractivity contribution in [1.29, 1.82) is 0 Å². The summed E-state index contributed by atoms with van der Waals surface area (Å²) in [5, 5.41) is 0. The van der Waals surface area contributed by atoms with Crippen LogP contribution in [0.3, 0.4) is 0 Å². The number of carbonyl (C=O) groups is 2. The van der Waals surface area contributed by atoms with E-state index < -0.39 is 6.61 Å². The van der Waals surface area contributed by atoms with Crippen LogP contribution in [0.15, 0.2) is 12.1 Å². The van der Waals surface area contributed by atoms with E-state index in [1.807, 2.05) is 0 Å². The summed E-state index contributed by atoms with van der Waals surface area (Å²) in [5.74, 6) is -0.259. The number of benzene rings is 1. The molecule has 6 heteroatoms. The predicted molar refractivity (Wildman–Crippen MR) is 56.6 cm³/mol. The summed E-state index contributed by atoms with van der Waals surface area (Å²) in [5.41, 5.74) is -0.127. The van der Waals surface area contributed by atoms with E-state index in [2.05, 4.69) is 4.74 Å². The topological polar surface area (TPSA) is 43.4 Å². The minimum atomic E-state index is -3.03. The molecule has 0 spiro atoms. The maximum absolute atomic E-state index is 12.0. The summed E-state index contributed by atoms with van der Waals surface area (Å²) in [6.07, 6.45) is 0.738. The van der Waals surface area contributed by atoms with Crippen molar-refractivity contribution in [2.45, 2.75) is 6.61 Å². The molecule has 0 aliphatic rings. The van der Waals surface area contributed by atoms with Gasteiger partial charge >= 0.3 is 6.61 Å². The highest BCUT2D eigenvalue weighted by Gasteiger charge is 2.16. The zero-order valence-electron chi connectivity index (χ0n) is 7.25. The highest BCUT2D eigenvalue weighted by Crippen LogP contribution is 2.28. The van der Waals surface area contributed by atoms with Crippen molar-refractivity contribution < 1.29 is 23.1 Å². The molecule has 0 saturated heterocycles. The third-order valence-electron chi connectivity index (χ3n) is 1.63. The molecule has 0 aliphatic carbocycles. The van der Waals surface area contributed by atoms with Crippen LogP contribution in [0.5, 0.6) is 5.75 Å². The SMILES string of the molecule is O=Cc1ccc(I)c(OC(F)F)c1C=O. The molecule has 0 fully saturated rings. The molecule has 80 valence electrons. The van der Waals surface area contributed by atoms with E-state index in [4.69, 9.17) is 0 Å². The van der Waals surface area contributed by atoms with Gasteiger partial charge in [-0.3, -0.25) is 9.59 Å². The van der Waals surface area contributed by atoms with Gasteiger partial charge in [-0.1, -0.05) is 0 Å². The molecule has 15 heavy (non-hydrogen) atoms. The fraction of sp³-hybridized carbons (Fsp3) is 0.111. The lowest BCUT2D eigenvalue weighted by Crippen LogP contribution is -2.07. The fourth-order valence-electron chi connectivity index (χ4n) is 1.02. The van der Waals surface area contributed by atoms with Gasteiger partial charge in [0.1, 0.15) is 0 Å². The Hall–Kier alpha value is -1.05. The minimum absolute atomic E-state index is 0.0288. The number of rotatable bonds is 4. The number of aldehydes is 2. The standard InChI is InChI=1S/C9H5F2IO3/c10-9(11)15-8-6(4-14)5(3-13)1-2-7(8)12/h1-4,9H. The molecule has 0 aliphatic heterocycles. The Morgan fingerprint density at radius 1 is 1.27 bits per heavy atom. The third-order valence-corrected chi connectivity index (χ3v) is 2.48. The van der Waals surface area contributed by atoms with Crippen LogP contribution in [0.4, 0.5) is 8.78 Å². The first kappa shape index (κ1) is 12.0. The van der Waals surface area contributed by atoms with Gasteiger partial charge in [0.2, 0.25) is 0 Å². The zero-order valence-corrected chi connectivity index (χ0v) is 9.40. The summed E-state index contributed by atoms with van der Waals surface area (Å²) in [4.78, 5) is 21.2. The zero-order chi connectivity index (χ0) is 11.4. The summed E-state index contributed by atoms with van der Waals surface area (Å²) in [6.45, 7) is -3.03. The molecule has 0 N–H and O–H groups in total. The molecular weight excluding hydrogens is 321 g/mol. The van der Waals surface area contributed by atoms with Crippen LogP contribution in [0, 0.1) is 3.57 Å². The van der Waals surface area contributed by atoms with Crippen molar-refractivity contribution >= 4 is 35.2 Å². The van der Waals surface area contributed by atoms with Crippen molar-refractivity contribution in [3.05, 3.63) is 26.8 Å². The van der Waals surface area contributed by atoms with Crippen molar-refractivity contribution in [2.75, 3.05) is 0 Å². The summed E-state index contributed by atoms with van der Waals surface area (Å²) < 4.78 is 28.6. The first-order valence-corrected chi connectivity index (χ1v) is 4.85. The van der Waals surface area contributed by atoms with Crippen LogP contribution in [0.1, 0.15) is 20.7 Å². The maximum Gasteiger partial charge on any atom is 0.387 e. The second-order valence-electron chi connectivity index (χ2n) is 2.49. The Bertz CT molecular complexity index is 393. The van der Waals surface area contributed by atoms with Gasteiger partial charge in [-0.05, 0) is 34.7 Å². The highest BCUT2D eigenvalue weighted by molar-refractivity contribution is 14.1. The molecule has 0 amide bonds. The molecule has 3 nitrogen and oxygen atoms in total. The molecule has 0 atom stereocenters. The van der Waals surface area contributed by atoms with E-state index in [9.17, 15) is 18.4 Å². The normalized spacial score (nSPS) is 10.1. The number of carbonyl (C=O) groups excluding carboxylic acids is 2. The quantitative estimate of drug-likeness (QED) is 0.631. The molecule has 0 radical (unpaired) electrons. The lowest BCUT2D eigenvalue weighted by Gasteiger charge is -2.10. The van der Waals surface area contributed by atoms with Crippen LogP contribution in [-0.2, 0) is 0 Å². The van der Waals surface area contributed by atoms with Gasteiger partial charge < -0.3 is 4.74 Å². The highest BCUT2D eigenvalue weighted by atomic mass is 127. The predicted octanol–water partition coefficient (Wildman–Crippen LogP) is 2.52. The average Bonchev–Trinajstić information content (AvgIpc) is 2.20. The summed E-state index contributed by atoms with van der Waals surface area (Å²) in [7, 11) is 0. The van der Waals surface area contributed by atoms with Crippen molar-refractivity contribution in [3.8, 4) is 5.75 Å². The van der Waals surface area contributed by atoms with Crippen LogP contribution in [-0.4, -0.2) is 19.2 Å². The second kappa shape index (κ2) is 5.15. The summed E-state index contributed by atoms with van der Waals surface area (Å²) >= 11 is 1.74. The first-order chi connectivity index (χ1) is 7.10. The van der Waals surface area contributed by atoms with Gasteiger partial charge in [-0.25, -0.2) is 0 Å². The van der Waals surface area contributed by atoms with E-state index in [0.29, 0.717) is 16.1 Å².